The molecular weight excluding hydrogens is 220 g/mol. The van der Waals surface area contributed by atoms with Crippen molar-refractivity contribution >= 4 is 0 Å². The second-order valence-corrected chi connectivity index (χ2v) is 4.81. The van der Waals surface area contributed by atoms with Crippen LogP contribution in [0.1, 0.15) is 25.3 Å². The van der Waals surface area contributed by atoms with Crippen molar-refractivity contribution < 1.29 is 8.78 Å². The van der Waals surface area contributed by atoms with E-state index in [-0.39, 0.29) is 5.56 Å². The van der Waals surface area contributed by atoms with Gasteiger partial charge >= 0.3 is 0 Å². The second kappa shape index (κ2) is 5.58. The molecule has 2 atom stereocenters. The molecule has 0 aromatic heterocycles. The smallest absolute Gasteiger partial charge is 0.129 e. The van der Waals surface area contributed by atoms with Crippen LogP contribution in [0.2, 0.25) is 0 Å². The molecule has 2 rings (SSSR count). The minimum Gasteiger partial charge on any atom is -0.317 e. The van der Waals surface area contributed by atoms with Gasteiger partial charge in [0.25, 0.3) is 0 Å². The lowest BCUT2D eigenvalue weighted by Gasteiger charge is -2.37. The summed E-state index contributed by atoms with van der Waals surface area (Å²) in [5.41, 5.74) is 0.263. The van der Waals surface area contributed by atoms with Crippen LogP contribution in [0, 0.1) is 23.5 Å². The van der Waals surface area contributed by atoms with E-state index in [4.69, 9.17) is 0 Å². The third-order valence-corrected chi connectivity index (χ3v) is 3.76. The maximum absolute atomic E-state index is 13.5. The molecule has 1 fully saturated rings. The summed E-state index contributed by atoms with van der Waals surface area (Å²) in [5.74, 6) is 0.201. The van der Waals surface area contributed by atoms with Gasteiger partial charge in [0.05, 0.1) is 0 Å². The van der Waals surface area contributed by atoms with E-state index >= 15 is 0 Å². The van der Waals surface area contributed by atoms with E-state index in [0.29, 0.717) is 18.3 Å². The second-order valence-electron chi connectivity index (χ2n) is 4.81. The molecule has 0 aliphatic heterocycles. The normalized spacial score (nSPS) is 23.5. The van der Waals surface area contributed by atoms with E-state index in [9.17, 15) is 8.78 Å². The predicted octanol–water partition coefficient (Wildman–Crippen LogP) is 3.14. The summed E-state index contributed by atoms with van der Waals surface area (Å²) < 4.78 is 27.0. The van der Waals surface area contributed by atoms with Crippen molar-refractivity contribution in [2.24, 2.45) is 11.8 Å². The van der Waals surface area contributed by atoms with Crippen LogP contribution in [0.25, 0.3) is 0 Å². The minimum absolute atomic E-state index is 0.263. The van der Waals surface area contributed by atoms with Gasteiger partial charge in [0, 0.05) is 5.56 Å². The van der Waals surface area contributed by atoms with E-state index in [2.05, 4.69) is 12.2 Å². The molecule has 17 heavy (non-hydrogen) atoms. The third-order valence-electron chi connectivity index (χ3n) is 3.76. The highest BCUT2D eigenvalue weighted by Crippen LogP contribution is 2.37. The summed E-state index contributed by atoms with van der Waals surface area (Å²) in [4.78, 5) is 0. The lowest BCUT2D eigenvalue weighted by Crippen LogP contribution is -2.36. The number of hydrogen-bond donors (Lipinski definition) is 1. The van der Waals surface area contributed by atoms with Crippen LogP contribution < -0.4 is 5.32 Å². The number of nitrogens with one attached hydrogen (secondary N) is 1. The molecule has 0 bridgehead atoms. The zero-order valence-corrected chi connectivity index (χ0v) is 10.2. The lowest BCUT2D eigenvalue weighted by molar-refractivity contribution is 0.169. The molecular formula is C14H19F2N. The van der Waals surface area contributed by atoms with Crippen LogP contribution >= 0.6 is 0 Å². The molecule has 1 aromatic carbocycles. The van der Waals surface area contributed by atoms with Gasteiger partial charge in [-0.05, 0) is 56.3 Å². The molecule has 1 aromatic rings. The molecule has 94 valence electrons. The quantitative estimate of drug-likeness (QED) is 0.832. The number of hydrogen-bond acceptors (Lipinski definition) is 1. The Kier molecular flexibility index (Phi) is 4.11. The Hall–Kier alpha value is -0.960. The van der Waals surface area contributed by atoms with Crippen LogP contribution in [-0.4, -0.2) is 13.1 Å². The largest absolute Gasteiger partial charge is 0.317 e. The topological polar surface area (TPSA) is 12.0 Å². The molecule has 1 aliphatic carbocycles. The predicted molar refractivity (Wildman–Crippen MR) is 64.8 cm³/mol. The number of halogens is 2. The van der Waals surface area contributed by atoms with Crippen molar-refractivity contribution in [3.8, 4) is 0 Å². The van der Waals surface area contributed by atoms with Crippen molar-refractivity contribution in [3.05, 3.63) is 35.4 Å². The van der Waals surface area contributed by atoms with Crippen molar-refractivity contribution in [2.75, 3.05) is 13.1 Å². The van der Waals surface area contributed by atoms with Crippen molar-refractivity contribution in [1.82, 2.24) is 5.32 Å². The van der Waals surface area contributed by atoms with Gasteiger partial charge in [-0.1, -0.05) is 13.0 Å². The Balaban J connectivity index is 1.97. The van der Waals surface area contributed by atoms with Gasteiger partial charge in [-0.2, -0.15) is 0 Å². The Morgan fingerprint density at radius 2 is 1.82 bits per heavy atom. The standard InChI is InChI=1S/C14H19F2N/c1-2-17-9-11-7-6-10(11)8-12-13(15)4-3-5-14(12)16/h3-5,10-11,17H,2,6-9H2,1H3. The molecule has 0 spiro atoms. The lowest BCUT2D eigenvalue weighted by atomic mass is 9.70. The molecule has 0 radical (unpaired) electrons. The van der Waals surface area contributed by atoms with Crippen LogP contribution in [0.4, 0.5) is 8.78 Å². The van der Waals surface area contributed by atoms with Crippen LogP contribution in [-0.2, 0) is 6.42 Å². The highest BCUT2D eigenvalue weighted by molar-refractivity contribution is 5.20. The molecule has 0 saturated heterocycles. The molecule has 1 N–H and O–H groups in total. The average molecular weight is 239 g/mol. The fourth-order valence-electron chi connectivity index (χ4n) is 2.49. The Bertz CT molecular complexity index is 358. The van der Waals surface area contributed by atoms with E-state index in [1.54, 1.807) is 0 Å². The number of rotatable bonds is 5. The van der Waals surface area contributed by atoms with Crippen LogP contribution in [0.3, 0.4) is 0 Å². The Morgan fingerprint density at radius 1 is 1.18 bits per heavy atom. The first-order valence-corrected chi connectivity index (χ1v) is 6.36. The third kappa shape index (κ3) is 2.83. The fraction of sp³-hybridized carbons (Fsp3) is 0.571. The SMILES string of the molecule is CCNCC1CCC1Cc1c(F)cccc1F. The van der Waals surface area contributed by atoms with Gasteiger partial charge in [-0.25, -0.2) is 8.78 Å². The van der Waals surface area contributed by atoms with Crippen LogP contribution in [0.5, 0.6) is 0 Å². The molecule has 0 amide bonds. The maximum Gasteiger partial charge on any atom is 0.129 e. The molecule has 0 heterocycles. The van der Waals surface area contributed by atoms with Crippen LogP contribution in [0.15, 0.2) is 18.2 Å². The zero-order valence-electron chi connectivity index (χ0n) is 10.2. The molecule has 3 heteroatoms. The van der Waals surface area contributed by atoms with Crippen molar-refractivity contribution in [2.45, 2.75) is 26.2 Å². The maximum atomic E-state index is 13.5. The minimum atomic E-state index is -0.404. The Morgan fingerprint density at radius 3 is 2.35 bits per heavy atom. The molecule has 1 aliphatic rings. The van der Waals surface area contributed by atoms with Gasteiger partial charge in [0.2, 0.25) is 0 Å². The van der Waals surface area contributed by atoms with Crippen molar-refractivity contribution in [3.63, 3.8) is 0 Å². The fourth-order valence-corrected chi connectivity index (χ4v) is 2.49. The Labute approximate surface area is 101 Å². The first kappa shape index (κ1) is 12.5. The summed E-state index contributed by atoms with van der Waals surface area (Å²) >= 11 is 0. The first-order chi connectivity index (χ1) is 8.22. The molecule has 1 saturated carbocycles. The van der Waals surface area contributed by atoms with Gasteiger partial charge in [-0.15, -0.1) is 0 Å². The summed E-state index contributed by atoms with van der Waals surface area (Å²) in [6.07, 6.45) is 2.80. The van der Waals surface area contributed by atoms with Crippen molar-refractivity contribution in [1.29, 1.82) is 0 Å². The van der Waals surface area contributed by atoms with Gasteiger partial charge in [-0.3, -0.25) is 0 Å². The van der Waals surface area contributed by atoms with Gasteiger partial charge < -0.3 is 5.32 Å². The zero-order chi connectivity index (χ0) is 12.3. The highest BCUT2D eigenvalue weighted by Gasteiger charge is 2.31. The average Bonchev–Trinajstić information content (AvgIpc) is 2.27. The summed E-state index contributed by atoms with van der Waals surface area (Å²) in [5, 5.41) is 3.31. The summed E-state index contributed by atoms with van der Waals surface area (Å²) in [6, 6.07) is 4.11. The molecule has 1 nitrogen and oxygen atoms in total. The highest BCUT2D eigenvalue weighted by atomic mass is 19.1. The summed E-state index contributed by atoms with van der Waals surface area (Å²) in [7, 11) is 0. The van der Waals surface area contributed by atoms with E-state index < -0.39 is 11.6 Å². The summed E-state index contributed by atoms with van der Waals surface area (Å²) in [6.45, 7) is 4.00. The van der Waals surface area contributed by atoms with E-state index in [1.165, 1.54) is 24.6 Å². The van der Waals surface area contributed by atoms with Gasteiger partial charge in [0.15, 0.2) is 0 Å². The van der Waals surface area contributed by atoms with E-state index in [1.807, 2.05) is 0 Å². The first-order valence-electron chi connectivity index (χ1n) is 6.36. The number of benzene rings is 1. The monoisotopic (exact) mass is 239 g/mol. The van der Waals surface area contributed by atoms with E-state index in [0.717, 1.165) is 19.5 Å². The van der Waals surface area contributed by atoms with Gasteiger partial charge in [0.1, 0.15) is 11.6 Å². The molecule has 2 unspecified atom stereocenters.